The highest BCUT2D eigenvalue weighted by Gasteiger charge is 2.17. The van der Waals surface area contributed by atoms with Gasteiger partial charge in [0.15, 0.2) is 5.03 Å². The molecule has 0 spiro atoms. The predicted octanol–water partition coefficient (Wildman–Crippen LogP) is 1.80. The van der Waals surface area contributed by atoms with Crippen LogP contribution in [-0.2, 0) is 10.0 Å². The van der Waals surface area contributed by atoms with Crippen molar-refractivity contribution in [2.75, 3.05) is 11.8 Å². The van der Waals surface area contributed by atoms with Crippen LogP contribution < -0.4 is 10.0 Å². The van der Waals surface area contributed by atoms with E-state index >= 15 is 0 Å². The third-order valence-electron chi connectivity index (χ3n) is 3.04. The molecule has 6 nitrogen and oxygen atoms in total. The first-order valence-electron chi connectivity index (χ1n) is 6.24. The predicted molar refractivity (Wildman–Crippen MR) is 78.0 cm³/mol. The molecule has 0 fully saturated rings. The van der Waals surface area contributed by atoms with Gasteiger partial charge in [-0.15, -0.1) is 0 Å². The Bertz CT molecular complexity index is 694. The second-order valence-corrected chi connectivity index (χ2v) is 6.23. The van der Waals surface area contributed by atoms with Crippen molar-refractivity contribution in [1.29, 1.82) is 0 Å². The van der Waals surface area contributed by atoms with E-state index in [4.69, 9.17) is 0 Å². The molecule has 0 saturated carbocycles. The van der Waals surface area contributed by atoms with Gasteiger partial charge in [0.25, 0.3) is 10.0 Å². The van der Waals surface area contributed by atoms with E-state index in [2.05, 4.69) is 20.0 Å². The van der Waals surface area contributed by atoms with Crippen molar-refractivity contribution in [3.05, 3.63) is 41.9 Å². The van der Waals surface area contributed by atoms with Gasteiger partial charge in [-0.3, -0.25) is 4.72 Å². The van der Waals surface area contributed by atoms with Crippen LogP contribution in [-0.4, -0.2) is 25.4 Å². The minimum atomic E-state index is -3.63. The highest BCUT2D eigenvalue weighted by atomic mass is 32.2. The average molecular weight is 294 g/mol. The van der Waals surface area contributed by atoms with E-state index in [0.29, 0.717) is 11.5 Å². The Balaban J connectivity index is 2.26. The van der Waals surface area contributed by atoms with Gasteiger partial charge in [0.2, 0.25) is 0 Å². The first-order chi connectivity index (χ1) is 9.42. The minimum Gasteiger partial charge on any atom is -0.332 e. The maximum atomic E-state index is 12.2. The lowest BCUT2D eigenvalue weighted by Crippen LogP contribution is -2.15. The molecule has 1 aromatic heterocycles. The molecule has 0 bridgehead atoms. The summed E-state index contributed by atoms with van der Waals surface area (Å²) in [4.78, 5) is 6.61. The Hall–Kier alpha value is -1.86. The van der Waals surface area contributed by atoms with Crippen molar-refractivity contribution in [2.45, 2.75) is 24.9 Å². The number of hydrogen-bond donors (Lipinski definition) is 3. The van der Waals surface area contributed by atoms with Gasteiger partial charge in [0, 0.05) is 11.7 Å². The number of aryl methyl sites for hydroxylation is 1. The van der Waals surface area contributed by atoms with Gasteiger partial charge in [-0.25, -0.2) is 4.98 Å². The lowest BCUT2D eigenvalue weighted by Gasteiger charge is -2.13. The molecule has 0 aliphatic heterocycles. The topological polar surface area (TPSA) is 86.9 Å². The molecule has 0 radical (unpaired) electrons. The average Bonchev–Trinajstić information content (AvgIpc) is 2.85. The molecular formula is C13H18N4O2S. The third-order valence-corrected chi connectivity index (χ3v) is 4.33. The van der Waals surface area contributed by atoms with Crippen LogP contribution in [0.4, 0.5) is 5.69 Å². The smallest absolute Gasteiger partial charge is 0.278 e. The zero-order valence-corrected chi connectivity index (χ0v) is 12.5. The van der Waals surface area contributed by atoms with Crippen LogP contribution in [0.5, 0.6) is 0 Å². The highest BCUT2D eigenvalue weighted by molar-refractivity contribution is 7.92. The summed E-state index contributed by atoms with van der Waals surface area (Å²) in [6.07, 6.45) is 1.30. The van der Waals surface area contributed by atoms with Crippen molar-refractivity contribution in [3.63, 3.8) is 0 Å². The number of aromatic amines is 1. The molecule has 2 rings (SSSR count). The summed E-state index contributed by atoms with van der Waals surface area (Å²) >= 11 is 0. The summed E-state index contributed by atoms with van der Waals surface area (Å²) in [5.41, 5.74) is 1.53. The fourth-order valence-corrected chi connectivity index (χ4v) is 2.80. The Morgan fingerprint density at radius 3 is 2.70 bits per heavy atom. The number of imidazole rings is 1. The van der Waals surface area contributed by atoms with Gasteiger partial charge >= 0.3 is 0 Å². The van der Waals surface area contributed by atoms with Crippen molar-refractivity contribution < 1.29 is 8.42 Å². The maximum absolute atomic E-state index is 12.2. The first kappa shape index (κ1) is 14.5. The fraction of sp³-hybridized carbons (Fsp3) is 0.308. The lowest BCUT2D eigenvalue weighted by atomic mass is 10.1. The molecule has 3 N–H and O–H groups in total. The number of H-pyrrole nitrogens is 1. The Kier molecular flexibility index (Phi) is 4.10. The zero-order valence-electron chi connectivity index (χ0n) is 11.6. The summed E-state index contributed by atoms with van der Waals surface area (Å²) in [5.74, 6) is 0.558. The monoisotopic (exact) mass is 294 g/mol. The molecule has 1 aromatic carbocycles. The van der Waals surface area contributed by atoms with E-state index in [1.54, 1.807) is 13.0 Å². The summed E-state index contributed by atoms with van der Waals surface area (Å²) in [5, 5.41) is 3.17. The zero-order chi connectivity index (χ0) is 14.8. The first-order valence-corrected chi connectivity index (χ1v) is 7.72. The number of benzene rings is 1. The molecule has 0 saturated heterocycles. The number of anilines is 1. The lowest BCUT2D eigenvalue weighted by molar-refractivity contribution is 0.598. The van der Waals surface area contributed by atoms with Gasteiger partial charge < -0.3 is 10.3 Å². The quantitative estimate of drug-likeness (QED) is 0.784. The SMILES string of the molecule is CNC(C)c1cccc(NS(=O)(=O)c2cnc(C)[nH]2)c1. The molecule has 7 heteroatoms. The largest absolute Gasteiger partial charge is 0.332 e. The molecule has 1 atom stereocenters. The summed E-state index contributed by atoms with van der Waals surface area (Å²) in [7, 11) is -1.77. The van der Waals surface area contributed by atoms with Gasteiger partial charge in [-0.2, -0.15) is 8.42 Å². The molecule has 0 aliphatic rings. The van der Waals surface area contributed by atoms with E-state index in [9.17, 15) is 8.42 Å². The number of hydrogen-bond acceptors (Lipinski definition) is 4. The standard InChI is InChI=1S/C13H18N4O2S/c1-9(14-3)11-5-4-6-12(7-11)17-20(18,19)13-8-15-10(2)16-13/h4-9,14,17H,1-3H3,(H,15,16). The minimum absolute atomic E-state index is 0.0575. The second-order valence-electron chi connectivity index (χ2n) is 4.57. The van der Waals surface area contributed by atoms with Crippen LogP contribution in [0.15, 0.2) is 35.5 Å². The van der Waals surface area contributed by atoms with E-state index in [-0.39, 0.29) is 11.1 Å². The molecule has 1 heterocycles. The maximum Gasteiger partial charge on any atom is 0.278 e. The number of nitrogens with one attached hydrogen (secondary N) is 3. The Morgan fingerprint density at radius 2 is 2.10 bits per heavy atom. The van der Waals surface area contributed by atoms with Gasteiger partial charge in [-0.1, -0.05) is 12.1 Å². The van der Waals surface area contributed by atoms with Crippen LogP contribution >= 0.6 is 0 Å². The second kappa shape index (κ2) is 5.64. The Morgan fingerprint density at radius 1 is 1.35 bits per heavy atom. The molecule has 2 aromatic rings. The number of aromatic nitrogens is 2. The highest BCUT2D eigenvalue weighted by Crippen LogP contribution is 2.19. The fourth-order valence-electron chi connectivity index (χ4n) is 1.78. The molecule has 1 unspecified atom stereocenters. The summed E-state index contributed by atoms with van der Waals surface area (Å²) < 4.78 is 26.9. The third kappa shape index (κ3) is 3.17. The normalized spacial score (nSPS) is 13.2. The van der Waals surface area contributed by atoms with Crippen molar-refractivity contribution in [2.24, 2.45) is 0 Å². The van der Waals surface area contributed by atoms with Gasteiger partial charge in [-0.05, 0) is 38.6 Å². The molecule has 0 amide bonds. The van der Waals surface area contributed by atoms with Crippen LogP contribution in [0.25, 0.3) is 0 Å². The van der Waals surface area contributed by atoms with Crippen LogP contribution in [0, 0.1) is 6.92 Å². The van der Waals surface area contributed by atoms with Crippen molar-refractivity contribution >= 4 is 15.7 Å². The van der Waals surface area contributed by atoms with E-state index < -0.39 is 10.0 Å². The van der Waals surface area contributed by atoms with Crippen molar-refractivity contribution in [1.82, 2.24) is 15.3 Å². The van der Waals surface area contributed by atoms with E-state index in [0.717, 1.165) is 5.56 Å². The summed E-state index contributed by atoms with van der Waals surface area (Å²) in [6.45, 7) is 3.71. The molecule has 108 valence electrons. The van der Waals surface area contributed by atoms with Crippen LogP contribution in [0.2, 0.25) is 0 Å². The van der Waals surface area contributed by atoms with Crippen molar-refractivity contribution in [3.8, 4) is 0 Å². The van der Waals surface area contributed by atoms with E-state index in [1.807, 2.05) is 32.2 Å². The Labute approximate surface area is 118 Å². The van der Waals surface area contributed by atoms with Gasteiger partial charge in [0.1, 0.15) is 5.82 Å². The number of nitrogens with zero attached hydrogens (tertiary/aromatic N) is 1. The number of sulfonamides is 1. The molecule has 0 aliphatic carbocycles. The summed E-state index contributed by atoms with van der Waals surface area (Å²) in [6, 6.07) is 7.43. The van der Waals surface area contributed by atoms with Crippen LogP contribution in [0.1, 0.15) is 24.4 Å². The molecular weight excluding hydrogens is 276 g/mol. The van der Waals surface area contributed by atoms with Crippen LogP contribution in [0.3, 0.4) is 0 Å². The van der Waals surface area contributed by atoms with E-state index in [1.165, 1.54) is 6.20 Å². The molecule has 20 heavy (non-hydrogen) atoms. The number of rotatable bonds is 5. The van der Waals surface area contributed by atoms with Gasteiger partial charge in [0.05, 0.1) is 6.20 Å².